The maximum absolute atomic E-state index is 12.0. The summed E-state index contributed by atoms with van der Waals surface area (Å²) in [5.74, 6) is 0.00752. The molecular weight excluding hydrogens is 266 g/mol. The molecule has 0 saturated heterocycles. The molecule has 2 N–H and O–H groups in total. The van der Waals surface area contributed by atoms with E-state index in [2.05, 4.69) is 34.6 Å². The number of nitrogens with one attached hydrogen (secondary N) is 2. The Hall–Kier alpha value is -2.21. The standard InChI is InChI=1S/C15H21N5O/c1-12(2)17-9-5-8-15(21)19-13-6-3-4-7-14(13)20-11-16-10-18-20/h3-4,6-7,10-12,17H,5,8-9H2,1-2H3,(H,19,21). The Morgan fingerprint density at radius 2 is 2.14 bits per heavy atom. The van der Waals surface area contributed by atoms with Crippen LogP contribution in [0.3, 0.4) is 0 Å². The van der Waals surface area contributed by atoms with E-state index in [1.807, 2.05) is 24.3 Å². The van der Waals surface area contributed by atoms with Crippen molar-refractivity contribution in [3.63, 3.8) is 0 Å². The zero-order valence-electron chi connectivity index (χ0n) is 12.4. The molecule has 1 aromatic carbocycles. The highest BCUT2D eigenvalue weighted by Gasteiger charge is 2.08. The Labute approximate surface area is 124 Å². The summed E-state index contributed by atoms with van der Waals surface area (Å²) < 4.78 is 1.63. The highest BCUT2D eigenvalue weighted by molar-refractivity contribution is 5.92. The SMILES string of the molecule is CC(C)NCCCC(=O)Nc1ccccc1-n1cncn1. The van der Waals surface area contributed by atoms with Crippen molar-refractivity contribution < 1.29 is 4.79 Å². The van der Waals surface area contributed by atoms with Crippen molar-refractivity contribution in [1.29, 1.82) is 0 Å². The zero-order chi connectivity index (χ0) is 15.1. The lowest BCUT2D eigenvalue weighted by molar-refractivity contribution is -0.116. The fourth-order valence-corrected chi connectivity index (χ4v) is 1.96. The van der Waals surface area contributed by atoms with E-state index in [9.17, 15) is 4.79 Å². The van der Waals surface area contributed by atoms with Crippen LogP contribution in [0.1, 0.15) is 26.7 Å². The smallest absolute Gasteiger partial charge is 0.224 e. The van der Waals surface area contributed by atoms with Gasteiger partial charge in [-0.15, -0.1) is 0 Å². The molecule has 0 aliphatic heterocycles. The fraction of sp³-hybridized carbons (Fsp3) is 0.400. The minimum Gasteiger partial charge on any atom is -0.324 e. The number of benzene rings is 1. The Morgan fingerprint density at radius 3 is 2.86 bits per heavy atom. The first-order chi connectivity index (χ1) is 10.2. The van der Waals surface area contributed by atoms with Gasteiger partial charge in [-0.1, -0.05) is 26.0 Å². The Kier molecular flexibility index (Phi) is 5.45. The lowest BCUT2D eigenvalue weighted by Gasteiger charge is -2.11. The first-order valence-electron chi connectivity index (χ1n) is 7.14. The first kappa shape index (κ1) is 15.2. The van der Waals surface area contributed by atoms with Crippen LogP contribution >= 0.6 is 0 Å². The molecule has 0 aliphatic carbocycles. The third-order valence-electron chi connectivity index (χ3n) is 2.98. The van der Waals surface area contributed by atoms with E-state index in [-0.39, 0.29) is 5.91 Å². The Balaban J connectivity index is 1.92. The number of amides is 1. The summed E-state index contributed by atoms with van der Waals surface area (Å²) in [5, 5.41) is 10.3. The zero-order valence-corrected chi connectivity index (χ0v) is 12.4. The number of anilines is 1. The van der Waals surface area contributed by atoms with Gasteiger partial charge in [0, 0.05) is 12.5 Å². The van der Waals surface area contributed by atoms with Crippen LogP contribution < -0.4 is 10.6 Å². The third-order valence-corrected chi connectivity index (χ3v) is 2.98. The molecule has 0 unspecified atom stereocenters. The molecular formula is C15H21N5O. The van der Waals surface area contributed by atoms with E-state index in [0.29, 0.717) is 12.5 Å². The molecule has 1 heterocycles. The van der Waals surface area contributed by atoms with Gasteiger partial charge in [-0.3, -0.25) is 4.79 Å². The first-order valence-corrected chi connectivity index (χ1v) is 7.14. The second kappa shape index (κ2) is 7.54. The lowest BCUT2D eigenvalue weighted by Crippen LogP contribution is -2.24. The van der Waals surface area contributed by atoms with Crippen LogP contribution in [0.15, 0.2) is 36.9 Å². The second-order valence-electron chi connectivity index (χ2n) is 5.12. The van der Waals surface area contributed by atoms with Crippen molar-refractivity contribution in [3.05, 3.63) is 36.9 Å². The lowest BCUT2D eigenvalue weighted by atomic mass is 10.2. The number of carbonyl (C=O) groups is 1. The van der Waals surface area contributed by atoms with Gasteiger partial charge in [0.1, 0.15) is 12.7 Å². The molecule has 0 aliphatic rings. The molecule has 21 heavy (non-hydrogen) atoms. The van der Waals surface area contributed by atoms with Crippen molar-refractivity contribution in [2.45, 2.75) is 32.7 Å². The predicted molar refractivity (Wildman–Crippen MR) is 82.4 cm³/mol. The molecule has 6 nitrogen and oxygen atoms in total. The highest BCUT2D eigenvalue weighted by Crippen LogP contribution is 2.18. The number of nitrogens with zero attached hydrogens (tertiary/aromatic N) is 3. The highest BCUT2D eigenvalue weighted by atomic mass is 16.1. The van der Waals surface area contributed by atoms with E-state index in [1.165, 1.54) is 6.33 Å². The molecule has 0 fully saturated rings. The molecule has 112 valence electrons. The van der Waals surface area contributed by atoms with Crippen LogP contribution in [0.25, 0.3) is 5.69 Å². The molecule has 0 atom stereocenters. The third kappa shape index (κ3) is 4.68. The molecule has 0 spiro atoms. The van der Waals surface area contributed by atoms with Crippen molar-refractivity contribution in [1.82, 2.24) is 20.1 Å². The van der Waals surface area contributed by atoms with E-state index in [0.717, 1.165) is 24.3 Å². The van der Waals surface area contributed by atoms with Gasteiger partial charge in [0.15, 0.2) is 0 Å². The number of carbonyl (C=O) groups excluding carboxylic acids is 1. The van der Waals surface area contributed by atoms with Gasteiger partial charge in [0.2, 0.25) is 5.91 Å². The molecule has 0 bridgehead atoms. The minimum atomic E-state index is 0.00752. The summed E-state index contributed by atoms with van der Waals surface area (Å²) in [6.07, 6.45) is 4.38. The molecule has 1 aromatic heterocycles. The van der Waals surface area contributed by atoms with Crippen molar-refractivity contribution >= 4 is 11.6 Å². The monoisotopic (exact) mass is 287 g/mol. The van der Waals surface area contributed by atoms with Crippen molar-refractivity contribution in [2.75, 3.05) is 11.9 Å². The largest absolute Gasteiger partial charge is 0.324 e. The van der Waals surface area contributed by atoms with E-state index < -0.39 is 0 Å². The van der Waals surface area contributed by atoms with Gasteiger partial charge in [0.05, 0.1) is 11.4 Å². The fourth-order valence-electron chi connectivity index (χ4n) is 1.96. The topological polar surface area (TPSA) is 71.8 Å². The normalized spacial score (nSPS) is 10.8. The maximum Gasteiger partial charge on any atom is 0.224 e. The van der Waals surface area contributed by atoms with Crippen LogP contribution in [0.4, 0.5) is 5.69 Å². The number of aromatic nitrogens is 3. The summed E-state index contributed by atoms with van der Waals surface area (Å²) in [5.41, 5.74) is 1.55. The van der Waals surface area contributed by atoms with Gasteiger partial charge in [-0.25, -0.2) is 9.67 Å². The van der Waals surface area contributed by atoms with Crippen molar-refractivity contribution in [2.24, 2.45) is 0 Å². The molecule has 2 aromatic rings. The average molecular weight is 287 g/mol. The van der Waals surface area contributed by atoms with Crippen molar-refractivity contribution in [3.8, 4) is 5.69 Å². The number of para-hydroxylation sites is 2. The van der Waals surface area contributed by atoms with E-state index in [1.54, 1.807) is 11.0 Å². The predicted octanol–water partition coefficient (Wildman–Crippen LogP) is 1.98. The van der Waals surface area contributed by atoms with Crippen LogP contribution in [-0.2, 0) is 4.79 Å². The van der Waals surface area contributed by atoms with Crippen LogP contribution in [0, 0.1) is 0 Å². The number of hydrogen-bond donors (Lipinski definition) is 2. The molecule has 2 rings (SSSR count). The summed E-state index contributed by atoms with van der Waals surface area (Å²) in [6.45, 7) is 5.03. The van der Waals surface area contributed by atoms with Gasteiger partial charge in [-0.2, -0.15) is 5.10 Å². The Bertz CT molecular complexity index is 565. The van der Waals surface area contributed by atoms with Gasteiger partial charge < -0.3 is 10.6 Å². The number of hydrogen-bond acceptors (Lipinski definition) is 4. The van der Waals surface area contributed by atoms with E-state index in [4.69, 9.17) is 0 Å². The van der Waals surface area contributed by atoms with Crippen LogP contribution in [-0.4, -0.2) is 33.3 Å². The Morgan fingerprint density at radius 1 is 1.33 bits per heavy atom. The average Bonchev–Trinajstić information content (AvgIpc) is 2.98. The summed E-state index contributed by atoms with van der Waals surface area (Å²) in [6, 6.07) is 7.99. The molecule has 6 heteroatoms. The quantitative estimate of drug-likeness (QED) is 0.764. The molecule has 0 radical (unpaired) electrons. The van der Waals surface area contributed by atoms with Gasteiger partial charge >= 0.3 is 0 Å². The van der Waals surface area contributed by atoms with E-state index >= 15 is 0 Å². The van der Waals surface area contributed by atoms with Crippen LogP contribution in [0.5, 0.6) is 0 Å². The summed E-state index contributed by atoms with van der Waals surface area (Å²) in [4.78, 5) is 15.9. The molecule has 1 amide bonds. The maximum atomic E-state index is 12.0. The molecule has 0 saturated carbocycles. The minimum absolute atomic E-state index is 0.00752. The number of rotatable bonds is 7. The van der Waals surface area contributed by atoms with Crippen LogP contribution in [0.2, 0.25) is 0 Å². The van der Waals surface area contributed by atoms with Gasteiger partial charge in [-0.05, 0) is 25.1 Å². The summed E-state index contributed by atoms with van der Waals surface area (Å²) >= 11 is 0. The summed E-state index contributed by atoms with van der Waals surface area (Å²) in [7, 11) is 0. The van der Waals surface area contributed by atoms with Gasteiger partial charge in [0.25, 0.3) is 0 Å². The second-order valence-corrected chi connectivity index (χ2v) is 5.12.